The van der Waals surface area contributed by atoms with Crippen LogP contribution in [0.5, 0.6) is 5.75 Å². The van der Waals surface area contributed by atoms with Gasteiger partial charge in [0.2, 0.25) is 0 Å². The van der Waals surface area contributed by atoms with Crippen LogP contribution in [0.2, 0.25) is 0 Å². The molecule has 0 radical (unpaired) electrons. The van der Waals surface area contributed by atoms with Crippen molar-refractivity contribution in [1.29, 1.82) is 0 Å². The molecule has 1 aromatic heterocycles. The Hall–Kier alpha value is -0.850. The lowest BCUT2D eigenvalue weighted by atomic mass is 10.3. The van der Waals surface area contributed by atoms with E-state index in [1.165, 1.54) is 0 Å². The Balaban J connectivity index is 2.23. The Morgan fingerprint density at radius 3 is 2.78 bits per heavy atom. The topological polar surface area (TPSA) is 52.3 Å². The van der Waals surface area contributed by atoms with E-state index in [0.29, 0.717) is 22.1 Å². The molecule has 2 rings (SSSR count). The first-order chi connectivity index (χ1) is 8.60. The third kappa shape index (κ3) is 3.13. The fraction of sp³-hybridized carbons (Fsp3) is 0.167. The van der Waals surface area contributed by atoms with Crippen LogP contribution in [0.1, 0.15) is 4.88 Å². The maximum absolute atomic E-state index is 12.3. The predicted molar refractivity (Wildman–Crippen MR) is 79.5 cm³/mol. The van der Waals surface area contributed by atoms with Crippen molar-refractivity contribution in [2.75, 3.05) is 12.8 Å². The van der Waals surface area contributed by atoms with E-state index in [0.717, 1.165) is 8.66 Å². The molecule has 1 unspecified atom stereocenters. The van der Waals surface area contributed by atoms with Crippen molar-refractivity contribution < 1.29 is 8.95 Å². The van der Waals surface area contributed by atoms with E-state index in [4.69, 9.17) is 10.5 Å². The molecule has 1 aromatic carbocycles. The van der Waals surface area contributed by atoms with Crippen molar-refractivity contribution >= 4 is 43.8 Å². The van der Waals surface area contributed by atoms with E-state index >= 15 is 0 Å². The summed E-state index contributed by atoms with van der Waals surface area (Å²) >= 11 is 4.98. The van der Waals surface area contributed by atoms with Crippen LogP contribution in [0.3, 0.4) is 0 Å². The van der Waals surface area contributed by atoms with Crippen molar-refractivity contribution in [2.24, 2.45) is 0 Å². The van der Waals surface area contributed by atoms with Crippen LogP contribution in [0.25, 0.3) is 0 Å². The molecule has 2 N–H and O–H groups in total. The second-order valence-corrected chi connectivity index (χ2v) is 7.57. The summed E-state index contributed by atoms with van der Waals surface area (Å²) in [7, 11) is 0.421. The minimum atomic E-state index is -1.13. The maximum Gasteiger partial charge on any atom is 0.137 e. The number of rotatable bonds is 4. The van der Waals surface area contributed by atoms with Gasteiger partial charge >= 0.3 is 0 Å². The smallest absolute Gasteiger partial charge is 0.137 e. The van der Waals surface area contributed by atoms with Gasteiger partial charge < -0.3 is 10.5 Å². The third-order valence-corrected chi connectivity index (χ3v) is 5.54. The summed E-state index contributed by atoms with van der Waals surface area (Å²) in [5.41, 5.74) is 6.28. The van der Waals surface area contributed by atoms with Gasteiger partial charge in [-0.3, -0.25) is 4.21 Å². The first-order valence-corrected chi connectivity index (χ1v) is 8.09. The zero-order chi connectivity index (χ0) is 13.1. The molecule has 0 aliphatic heterocycles. The van der Waals surface area contributed by atoms with Gasteiger partial charge in [0.1, 0.15) is 5.75 Å². The normalized spacial score (nSPS) is 12.3. The van der Waals surface area contributed by atoms with E-state index in [2.05, 4.69) is 15.9 Å². The largest absolute Gasteiger partial charge is 0.495 e. The lowest BCUT2D eigenvalue weighted by molar-refractivity contribution is 0.404. The number of nitrogen functional groups attached to an aromatic ring is 1. The number of thiophene rings is 1. The average molecular weight is 346 g/mol. The van der Waals surface area contributed by atoms with Gasteiger partial charge in [0.25, 0.3) is 0 Å². The SMILES string of the molecule is COc1cc(N)ccc1S(=O)Cc1ccc(Br)s1. The molecule has 1 heterocycles. The minimum Gasteiger partial charge on any atom is -0.495 e. The number of anilines is 1. The number of hydrogen-bond acceptors (Lipinski definition) is 4. The number of hydrogen-bond donors (Lipinski definition) is 1. The number of methoxy groups -OCH3 is 1. The van der Waals surface area contributed by atoms with Crippen molar-refractivity contribution in [2.45, 2.75) is 10.6 Å². The fourth-order valence-corrected chi connectivity index (χ4v) is 4.44. The number of benzene rings is 1. The fourth-order valence-electron chi connectivity index (χ4n) is 1.51. The second-order valence-electron chi connectivity index (χ2n) is 3.61. The number of nitrogens with two attached hydrogens (primary N) is 1. The molecule has 0 aliphatic carbocycles. The zero-order valence-electron chi connectivity index (χ0n) is 9.68. The Morgan fingerprint density at radius 1 is 1.39 bits per heavy atom. The van der Waals surface area contributed by atoms with Crippen molar-refractivity contribution in [3.05, 3.63) is 39.0 Å². The first-order valence-electron chi connectivity index (χ1n) is 5.16. The lowest BCUT2D eigenvalue weighted by Crippen LogP contribution is -1.99. The number of ether oxygens (including phenoxy) is 1. The predicted octanol–water partition coefficient (Wildman–Crippen LogP) is 3.41. The molecule has 2 aromatic rings. The highest BCUT2D eigenvalue weighted by molar-refractivity contribution is 9.11. The van der Waals surface area contributed by atoms with Crippen molar-refractivity contribution in [3.63, 3.8) is 0 Å². The molecule has 0 bridgehead atoms. The molecular weight excluding hydrogens is 334 g/mol. The highest BCUT2D eigenvalue weighted by Crippen LogP contribution is 2.29. The van der Waals surface area contributed by atoms with Gasteiger partial charge in [-0.2, -0.15) is 0 Å². The van der Waals surface area contributed by atoms with Crippen molar-refractivity contribution in [3.8, 4) is 5.75 Å². The van der Waals surface area contributed by atoms with Gasteiger partial charge in [0, 0.05) is 16.6 Å². The summed E-state index contributed by atoms with van der Waals surface area (Å²) in [6.07, 6.45) is 0. The molecule has 0 saturated heterocycles. The van der Waals surface area contributed by atoms with E-state index in [9.17, 15) is 4.21 Å². The summed E-state index contributed by atoms with van der Waals surface area (Å²) in [6.45, 7) is 0. The summed E-state index contributed by atoms with van der Waals surface area (Å²) < 4.78 is 18.5. The quantitative estimate of drug-likeness (QED) is 0.864. The lowest BCUT2D eigenvalue weighted by Gasteiger charge is -2.08. The Labute approximate surface area is 121 Å². The summed E-state index contributed by atoms with van der Waals surface area (Å²) in [5, 5.41) is 0. The third-order valence-electron chi connectivity index (χ3n) is 2.34. The molecular formula is C12H12BrNO2S2. The van der Waals surface area contributed by atoms with Crippen LogP contribution in [0.15, 0.2) is 39.0 Å². The highest BCUT2D eigenvalue weighted by atomic mass is 79.9. The van der Waals surface area contributed by atoms with E-state index in [-0.39, 0.29) is 0 Å². The van der Waals surface area contributed by atoms with E-state index in [1.807, 2.05) is 12.1 Å². The molecule has 0 saturated carbocycles. The number of halogens is 1. The zero-order valence-corrected chi connectivity index (χ0v) is 12.9. The van der Waals surface area contributed by atoms with Crippen molar-refractivity contribution in [1.82, 2.24) is 0 Å². The second kappa shape index (κ2) is 5.86. The molecule has 0 amide bonds. The molecule has 96 valence electrons. The summed E-state index contributed by atoms with van der Waals surface area (Å²) in [4.78, 5) is 1.75. The van der Waals surface area contributed by atoms with Crippen LogP contribution in [0, 0.1) is 0 Å². The van der Waals surface area contributed by atoms with Gasteiger partial charge in [-0.15, -0.1) is 11.3 Å². The van der Waals surface area contributed by atoms with E-state index in [1.54, 1.807) is 36.6 Å². The van der Waals surface area contributed by atoms with Gasteiger partial charge in [-0.05, 0) is 40.2 Å². The summed E-state index contributed by atoms with van der Waals surface area (Å²) in [6, 6.07) is 9.11. The van der Waals surface area contributed by atoms with Crippen LogP contribution in [-0.4, -0.2) is 11.3 Å². The maximum atomic E-state index is 12.3. The Morgan fingerprint density at radius 2 is 2.17 bits per heavy atom. The molecule has 18 heavy (non-hydrogen) atoms. The van der Waals surface area contributed by atoms with Crippen LogP contribution < -0.4 is 10.5 Å². The van der Waals surface area contributed by atoms with E-state index < -0.39 is 10.8 Å². The van der Waals surface area contributed by atoms with Gasteiger partial charge in [-0.25, -0.2) is 0 Å². The standard InChI is InChI=1S/C12H12BrNO2S2/c1-16-10-6-8(14)2-4-11(10)18(15)7-9-3-5-12(13)17-9/h2-6H,7,14H2,1H3. The molecule has 1 atom stereocenters. The molecule has 0 spiro atoms. The summed E-state index contributed by atoms with van der Waals surface area (Å²) in [5.74, 6) is 1.06. The van der Waals surface area contributed by atoms with Crippen LogP contribution >= 0.6 is 27.3 Å². The minimum absolute atomic E-state index is 0.483. The Kier molecular flexibility index (Phi) is 4.42. The highest BCUT2D eigenvalue weighted by Gasteiger charge is 2.12. The molecule has 0 aliphatic rings. The first kappa shape index (κ1) is 13.6. The monoisotopic (exact) mass is 345 g/mol. The molecule has 0 fully saturated rings. The molecule has 6 heteroatoms. The van der Waals surface area contributed by atoms with Crippen LogP contribution in [-0.2, 0) is 16.6 Å². The van der Waals surface area contributed by atoms with Gasteiger partial charge in [0.05, 0.1) is 32.3 Å². The Bertz CT molecular complexity index is 583. The van der Waals surface area contributed by atoms with Crippen LogP contribution in [0.4, 0.5) is 5.69 Å². The molecule has 3 nitrogen and oxygen atoms in total. The average Bonchev–Trinajstić information content (AvgIpc) is 2.74. The van der Waals surface area contributed by atoms with Gasteiger partial charge in [-0.1, -0.05) is 0 Å². The van der Waals surface area contributed by atoms with Gasteiger partial charge in [0.15, 0.2) is 0 Å².